The standard InChI is InChI=1S/C12H18N2O5/c1-18-5-6-3-7(9(15)10(6)19-2)8-4-13-12(17)14-11(8)16/h4,6-7,9-10,15H,3,5H2,1-2H3,(H2,13,14,16,17)/t6-,7+,9-,10?/m1/s1. The minimum atomic E-state index is -0.794. The summed E-state index contributed by atoms with van der Waals surface area (Å²) in [6.45, 7) is 0.452. The Bertz CT molecular complexity index is 537. The summed E-state index contributed by atoms with van der Waals surface area (Å²) in [5.74, 6) is -0.355. The molecule has 0 aromatic carbocycles. The second-order valence-electron chi connectivity index (χ2n) is 4.78. The van der Waals surface area contributed by atoms with E-state index in [0.717, 1.165) is 0 Å². The molecule has 1 fully saturated rings. The average Bonchev–Trinajstić information content (AvgIpc) is 2.66. The highest BCUT2D eigenvalue weighted by Gasteiger charge is 2.44. The van der Waals surface area contributed by atoms with E-state index < -0.39 is 17.4 Å². The number of aliphatic hydroxyl groups excluding tert-OH is 1. The van der Waals surface area contributed by atoms with Crippen LogP contribution in [0.4, 0.5) is 0 Å². The molecule has 4 atom stereocenters. The molecule has 7 nitrogen and oxygen atoms in total. The van der Waals surface area contributed by atoms with Crippen LogP contribution in [0, 0.1) is 5.92 Å². The fraction of sp³-hybridized carbons (Fsp3) is 0.667. The molecule has 106 valence electrons. The van der Waals surface area contributed by atoms with Gasteiger partial charge in [0, 0.05) is 37.8 Å². The van der Waals surface area contributed by atoms with Gasteiger partial charge < -0.3 is 19.6 Å². The fourth-order valence-electron chi connectivity index (χ4n) is 2.82. The number of nitrogens with one attached hydrogen (secondary N) is 2. The molecule has 2 rings (SSSR count). The summed E-state index contributed by atoms with van der Waals surface area (Å²) in [6.07, 6.45) is 0.757. The van der Waals surface area contributed by atoms with Crippen LogP contribution in [0.5, 0.6) is 0 Å². The number of H-pyrrole nitrogens is 2. The van der Waals surface area contributed by atoms with Gasteiger partial charge >= 0.3 is 5.69 Å². The highest BCUT2D eigenvalue weighted by Crippen LogP contribution is 2.38. The van der Waals surface area contributed by atoms with Gasteiger partial charge in [-0.2, -0.15) is 0 Å². The number of hydrogen-bond donors (Lipinski definition) is 3. The second-order valence-corrected chi connectivity index (χ2v) is 4.78. The number of aromatic nitrogens is 2. The van der Waals surface area contributed by atoms with Crippen LogP contribution < -0.4 is 11.2 Å². The molecule has 1 aromatic rings. The number of ether oxygens (including phenoxy) is 2. The zero-order valence-electron chi connectivity index (χ0n) is 10.9. The third kappa shape index (κ3) is 2.63. The molecule has 19 heavy (non-hydrogen) atoms. The van der Waals surface area contributed by atoms with Gasteiger partial charge in [-0.05, 0) is 6.42 Å². The van der Waals surface area contributed by atoms with E-state index in [1.165, 1.54) is 13.3 Å². The number of aromatic amines is 2. The van der Waals surface area contributed by atoms with Crippen molar-refractivity contribution in [2.24, 2.45) is 5.92 Å². The summed E-state index contributed by atoms with van der Waals surface area (Å²) in [5.41, 5.74) is -0.661. The van der Waals surface area contributed by atoms with Crippen molar-refractivity contribution in [2.45, 2.75) is 24.5 Å². The maximum atomic E-state index is 11.8. The van der Waals surface area contributed by atoms with Gasteiger partial charge in [0.25, 0.3) is 5.56 Å². The minimum Gasteiger partial charge on any atom is -0.390 e. The molecular formula is C12H18N2O5. The topological polar surface area (TPSA) is 104 Å². The molecule has 0 spiro atoms. The summed E-state index contributed by atoms with van der Waals surface area (Å²) in [6, 6.07) is 0. The maximum absolute atomic E-state index is 11.8. The molecule has 0 aliphatic heterocycles. The smallest absolute Gasteiger partial charge is 0.325 e. The maximum Gasteiger partial charge on any atom is 0.325 e. The third-order valence-corrected chi connectivity index (χ3v) is 3.67. The van der Waals surface area contributed by atoms with Crippen LogP contribution in [0.2, 0.25) is 0 Å². The van der Waals surface area contributed by atoms with Gasteiger partial charge in [-0.15, -0.1) is 0 Å². The van der Waals surface area contributed by atoms with Crippen molar-refractivity contribution in [1.29, 1.82) is 0 Å². The first-order valence-electron chi connectivity index (χ1n) is 6.10. The van der Waals surface area contributed by atoms with Gasteiger partial charge in [-0.25, -0.2) is 4.79 Å². The van der Waals surface area contributed by atoms with Gasteiger partial charge in [-0.3, -0.25) is 9.78 Å². The molecule has 1 aromatic heterocycles. The molecule has 0 amide bonds. The van der Waals surface area contributed by atoms with Crippen LogP contribution in [0.3, 0.4) is 0 Å². The lowest BCUT2D eigenvalue weighted by atomic mass is 9.97. The number of rotatable bonds is 4. The third-order valence-electron chi connectivity index (χ3n) is 3.67. The van der Waals surface area contributed by atoms with Crippen LogP contribution in [0.15, 0.2) is 15.8 Å². The van der Waals surface area contributed by atoms with E-state index in [4.69, 9.17) is 9.47 Å². The van der Waals surface area contributed by atoms with Crippen molar-refractivity contribution in [3.05, 3.63) is 32.6 Å². The number of aliphatic hydroxyl groups is 1. The number of methoxy groups -OCH3 is 2. The summed E-state index contributed by atoms with van der Waals surface area (Å²) in [5, 5.41) is 10.3. The predicted octanol–water partition coefficient (Wildman–Crippen LogP) is -0.811. The summed E-state index contributed by atoms with van der Waals surface area (Å²) in [7, 11) is 3.11. The first kappa shape index (κ1) is 14.0. The summed E-state index contributed by atoms with van der Waals surface area (Å²) in [4.78, 5) is 27.4. The van der Waals surface area contributed by atoms with E-state index >= 15 is 0 Å². The Morgan fingerprint density at radius 1 is 1.42 bits per heavy atom. The molecular weight excluding hydrogens is 252 g/mol. The highest BCUT2D eigenvalue weighted by molar-refractivity contribution is 5.17. The molecule has 0 saturated heterocycles. The average molecular weight is 270 g/mol. The van der Waals surface area contributed by atoms with E-state index in [-0.39, 0.29) is 17.9 Å². The van der Waals surface area contributed by atoms with Gasteiger partial charge in [0.15, 0.2) is 0 Å². The van der Waals surface area contributed by atoms with E-state index in [0.29, 0.717) is 18.6 Å². The molecule has 3 N–H and O–H groups in total. The Morgan fingerprint density at radius 3 is 2.74 bits per heavy atom. The zero-order chi connectivity index (χ0) is 14.0. The molecule has 0 bridgehead atoms. The summed E-state index contributed by atoms with van der Waals surface area (Å²) >= 11 is 0. The predicted molar refractivity (Wildman–Crippen MR) is 67.2 cm³/mol. The van der Waals surface area contributed by atoms with Crippen LogP contribution >= 0.6 is 0 Å². The van der Waals surface area contributed by atoms with E-state index in [1.807, 2.05) is 0 Å². The molecule has 1 saturated carbocycles. The second kappa shape index (κ2) is 5.68. The molecule has 1 aliphatic carbocycles. The van der Waals surface area contributed by atoms with Gasteiger partial charge in [0.05, 0.1) is 18.8 Å². The Kier molecular flexibility index (Phi) is 4.18. The Morgan fingerprint density at radius 2 is 2.16 bits per heavy atom. The van der Waals surface area contributed by atoms with E-state index in [2.05, 4.69) is 9.97 Å². The quantitative estimate of drug-likeness (QED) is 0.663. The lowest BCUT2D eigenvalue weighted by Crippen LogP contribution is -2.33. The Hall–Kier alpha value is -1.44. The molecule has 0 radical (unpaired) electrons. The fourth-order valence-corrected chi connectivity index (χ4v) is 2.82. The largest absolute Gasteiger partial charge is 0.390 e. The van der Waals surface area contributed by atoms with Crippen molar-refractivity contribution in [1.82, 2.24) is 9.97 Å². The molecule has 7 heteroatoms. The first-order chi connectivity index (χ1) is 9.08. The monoisotopic (exact) mass is 270 g/mol. The van der Waals surface area contributed by atoms with Gasteiger partial charge in [0.2, 0.25) is 0 Å². The lowest BCUT2D eigenvalue weighted by molar-refractivity contribution is -0.0322. The van der Waals surface area contributed by atoms with Crippen molar-refractivity contribution >= 4 is 0 Å². The van der Waals surface area contributed by atoms with E-state index in [1.54, 1.807) is 7.11 Å². The zero-order valence-corrected chi connectivity index (χ0v) is 10.9. The molecule has 1 heterocycles. The Balaban J connectivity index is 2.30. The SMILES string of the molecule is COC[C@H]1C[C@@H](c2c[nH]c(=O)[nH]c2=O)[C@@H](O)C1OC. The lowest BCUT2D eigenvalue weighted by Gasteiger charge is -2.20. The molecule has 1 unspecified atom stereocenters. The van der Waals surface area contributed by atoms with E-state index in [9.17, 15) is 14.7 Å². The summed E-state index contributed by atoms with van der Waals surface area (Å²) < 4.78 is 10.4. The van der Waals surface area contributed by atoms with Crippen molar-refractivity contribution in [3.63, 3.8) is 0 Å². The van der Waals surface area contributed by atoms with Crippen LogP contribution in [0.25, 0.3) is 0 Å². The van der Waals surface area contributed by atoms with Crippen LogP contribution in [-0.4, -0.2) is 48.1 Å². The first-order valence-corrected chi connectivity index (χ1v) is 6.10. The normalized spacial score (nSPS) is 30.7. The van der Waals surface area contributed by atoms with Gasteiger partial charge in [-0.1, -0.05) is 0 Å². The Labute approximate surface area is 109 Å². The van der Waals surface area contributed by atoms with Gasteiger partial charge in [0.1, 0.15) is 0 Å². The van der Waals surface area contributed by atoms with Crippen LogP contribution in [-0.2, 0) is 9.47 Å². The minimum absolute atomic E-state index is 0.0151. The van der Waals surface area contributed by atoms with Crippen LogP contribution in [0.1, 0.15) is 17.9 Å². The highest BCUT2D eigenvalue weighted by atomic mass is 16.5. The van der Waals surface area contributed by atoms with Crippen molar-refractivity contribution in [2.75, 3.05) is 20.8 Å². The van der Waals surface area contributed by atoms with Crippen molar-refractivity contribution in [3.8, 4) is 0 Å². The number of hydrogen-bond acceptors (Lipinski definition) is 5. The van der Waals surface area contributed by atoms with Crippen molar-refractivity contribution < 1.29 is 14.6 Å². The molecule has 1 aliphatic rings.